The van der Waals surface area contributed by atoms with Gasteiger partial charge in [0.05, 0.1) is 6.54 Å². The minimum Gasteiger partial charge on any atom is -0.359 e. The molecule has 1 unspecified atom stereocenters. The first-order valence-corrected chi connectivity index (χ1v) is 8.98. The van der Waals surface area contributed by atoms with Gasteiger partial charge in [-0.15, -0.1) is 0 Å². The number of carbonyl (C=O) groups is 1. The predicted octanol–water partition coefficient (Wildman–Crippen LogP) is 3.83. The average Bonchev–Trinajstić information content (AvgIpc) is 3.17. The Balaban J connectivity index is 1.41. The molecule has 1 aromatic carbocycles. The Morgan fingerprint density at radius 1 is 1.15 bits per heavy atom. The molecule has 0 N–H and O–H groups in total. The number of hydrogen-bond donors (Lipinski definition) is 0. The molecule has 26 heavy (non-hydrogen) atoms. The minimum absolute atomic E-state index is 0.00448. The van der Waals surface area contributed by atoms with Crippen LogP contribution in [0.1, 0.15) is 29.1 Å². The third-order valence-electron chi connectivity index (χ3n) is 4.80. The maximum Gasteiger partial charge on any atom is 0.185 e. The number of likely N-dealkylation sites (tertiary alicyclic amines) is 1. The number of benzene rings is 1. The van der Waals surface area contributed by atoms with Crippen molar-refractivity contribution in [1.29, 1.82) is 0 Å². The molecule has 0 spiro atoms. The summed E-state index contributed by atoms with van der Waals surface area (Å²) in [6.07, 6.45) is 3.59. The van der Waals surface area contributed by atoms with Crippen LogP contribution in [0.25, 0.3) is 11.3 Å². The number of carbonyl (C=O) groups excluding carboxylic acids is 1. The summed E-state index contributed by atoms with van der Waals surface area (Å²) in [7, 11) is 0. The molecule has 5 heteroatoms. The van der Waals surface area contributed by atoms with Crippen molar-refractivity contribution in [3.8, 4) is 11.3 Å². The lowest BCUT2D eigenvalue weighted by molar-refractivity contribution is 0.0794. The normalized spacial score (nSPS) is 17.9. The van der Waals surface area contributed by atoms with Crippen molar-refractivity contribution < 1.29 is 9.32 Å². The Hall–Kier alpha value is -2.79. The van der Waals surface area contributed by atoms with Crippen LogP contribution in [0.4, 0.5) is 0 Å². The van der Waals surface area contributed by atoms with Gasteiger partial charge in [-0.1, -0.05) is 41.6 Å². The summed E-state index contributed by atoms with van der Waals surface area (Å²) in [5.74, 6) is 0.961. The fourth-order valence-electron chi connectivity index (χ4n) is 3.48. The molecule has 5 nitrogen and oxygen atoms in total. The fourth-order valence-corrected chi connectivity index (χ4v) is 3.48. The van der Waals surface area contributed by atoms with Crippen molar-refractivity contribution in [2.75, 3.05) is 13.1 Å². The smallest absolute Gasteiger partial charge is 0.185 e. The third-order valence-corrected chi connectivity index (χ3v) is 4.80. The number of piperidine rings is 1. The highest BCUT2D eigenvalue weighted by molar-refractivity contribution is 5.96. The second-order valence-electron chi connectivity index (χ2n) is 6.70. The number of ketones is 1. The van der Waals surface area contributed by atoms with Crippen LogP contribution in [0, 0.1) is 5.92 Å². The van der Waals surface area contributed by atoms with Gasteiger partial charge in [-0.3, -0.25) is 14.7 Å². The molecule has 0 aliphatic carbocycles. The van der Waals surface area contributed by atoms with E-state index in [0.717, 1.165) is 42.9 Å². The van der Waals surface area contributed by atoms with E-state index in [4.69, 9.17) is 4.52 Å². The highest BCUT2D eigenvalue weighted by Gasteiger charge is 2.27. The zero-order valence-electron chi connectivity index (χ0n) is 14.5. The van der Waals surface area contributed by atoms with Crippen molar-refractivity contribution >= 4 is 5.78 Å². The van der Waals surface area contributed by atoms with E-state index in [-0.39, 0.29) is 11.7 Å². The van der Waals surface area contributed by atoms with E-state index in [2.05, 4.69) is 15.0 Å². The molecule has 3 heterocycles. The van der Waals surface area contributed by atoms with Crippen LogP contribution in [0.15, 0.2) is 65.3 Å². The van der Waals surface area contributed by atoms with E-state index < -0.39 is 0 Å². The Morgan fingerprint density at radius 3 is 2.81 bits per heavy atom. The van der Waals surface area contributed by atoms with Crippen molar-refractivity contribution in [2.24, 2.45) is 5.92 Å². The minimum atomic E-state index is -0.00448. The summed E-state index contributed by atoms with van der Waals surface area (Å²) < 4.78 is 5.51. The Bertz CT molecular complexity index is 861. The molecule has 1 aliphatic rings. The molecule has 2 aromatic heterocycles. The van der Waals surface area contributed by atoms with Gasteiger partial charge in [-0.2, -0.15) is 0 Å². The number of aromatic nitrogens is 2. The highest BCUT2D eigenvalue weighted by atomic mass is 16.5. The van der Waals surface area contributed by atoms with E-state index in [1.54, 1.807) is 12.3 Å². The lowest BCUT2D eigenvalue weighted by Gasteiger charge is -2.30. The Morgan fingerprint density at radius 2 is 2.00 bits per heavy atom. The van der Waals surface area contributed by atoms with Gasteiger partial charge in [-0.05, 0) is 31.5 Å². The largest absolute Gasteiger partial charge is 0.359 e. The quantitative estimate of drug-likeness (QED) is 0.657. The zero-order valence-corrected chi connectivity index (χ0v) is 14.5. The summed E-state index contributed by atoms with van der Waals surface area (Å²) in [4.78, 5) is 19.1. The van der Waals surface area contributed by atoms with Crippen LogP contribution in [0.3, 0.4) is 0 Å². The molecular formula is C21H21N3O2. The monoisotopic (exact) mass is 347 g/mol. The number of rotatable bonds is 5. The van der Waals surface area contributed by atoms with Crippen molar-refractivity contribution in [2.45, 2.75) is 19.4 Å². The molecule has 0 saturated carbocycles. The first kappa shape index (κ1) is 16.7. The summed E-state index contributed by atoms with van der Waals surface area (Å²) in [6, 6.07) is 17.5. The van der Waals surface area contributed by atoms with Gasteiger partial charge < -0.3 is 4.52 Å². The van der Waals surface area contributed by atoms with E-state index in [1.807, 2.05) is 48.5 Å². The lowest BCUT2D eigenvalue weighted by Crippen LogP contribution is -2.38. The van der Waals surface area contributed by atoms with Crippen LogP contribution >= 0.6 is 0 Å². The third kappa shape index (κ3) is 3.73. The van der Waals surface area contributed by atoms with Crippen molar-refractivity contribution in [3.63, 3.8) is 0 Å². The van der Waals surface area contributed by atoms with E-state index >= 15 is 0 Å². The van der Waals surface area contributed by atoms with Crippen LogP contribution in [-0.4, -0.2) is 33.9 Å². The zero-order chi connectivity index (χ0) is 17.8. The van der Waals surface area contributed by atoms with Gasteiger partial charge in [0.25, 0.3) is 0 Å². The molecule has 1 saturated heterocycles. The second-order valence-corrected chi connectivity index (χ2v) is 6.70. The van der Waals surface area contributed by atoms with Crippen LogP contribution in [0.2, 0.25) is 0 Å². The number of nitrogens with zero attached hydrogens (tertiary/aromatic N) is 3. The molecule has 4 rings (SSSR count). The van der Waals surface area contributed by atoms with Gasteiger partial charge in [0.2, 0.25) is 0 Å². The molecular weight excluding hydrogens is 326 g/mol. The van der Waals surface area contributed by atoms with Crippen LogP contribution in [0.5, 0.6) is 0 Å². The predicted molar refractivity (Wildman–Crippen MR) is 98.5 cm³/mol. The molecule has 1 aliphatic heterocycles. The standard InChI is InChI=1S/C21H21N3O2/c25-21(19-10-4-5-11-22-19)17-9-6-12-24(14-17)15-18-13-20(23-26-18)16-7-2-1-3-8-16/h1-5,7-8,10-11,13,17H,6,9,12,14-15H2. The molecule has 132 valence electrons. The van der Waals surface area contributed by atoms with E-state index in [0.29, 0.717) is 12.2 Å². The van der Waals surface area contributed by atoms with Crippen molar-refractivity contribution in [1.82, 2.24) is 15.0 Å². The number of Topliss-reactive ketones (excluding diaryl/α,β-unsaturated/α-hetero) is 1. The first-order valence-electron chi connectivity index (χ1n) is 8.98. The Labute approximate surface area is 152 Å². The number of pyridine rings is 1. The number of hydrogen-bond acceptors (Lipinski definition) is 5. The maximum absolute atomic E-state index is 12.7. The summed E-state index contributed by atoms with van der Waals surface area (Å²) in [5, 5.41) is 4.18. The lowest BCUT2D eigenvalue weighted by atomic mass is 9.92. The molecule has 0 amide bonds. The molecule has 3 aromatic rings. The first-order chi connectivity index (χ1) is 12.8. The summed E-state index contributed by atoms with van der Waals surface area (Å²) in [6.45, 7) is 2.37. The average molecular weight is 347 g/mol. The van der Waals surface area contributed by atoms with E-state index in [9.17, 15) is 4.79 Å². The van der Waals surface area contributed by atoms with Crippen molar-refractivity contribution in [3.05, 3.63) is 72.2 Å². The fraction of sp³-hybridized carbons (Fsp3) is 0.286. The molecule has 0 radical (unpaired) electrons. The summed E-state index contributed by atoms with van der Waals surface area (Å²) in [5.41, 5.74) is 2.45. The second kappa shape index (κ2) is 7.62. The van der Waals surface area contributed by atoms with Gasteiger partial charge >= 0.3 is 0 Å². The molecule has 0 bridgehead atoms. The van der Waals surface area contributed by atoms with Crippen LogP contribution < -0.4 is 0 Å². The van der Waals surface area contributed by atoms with Crippen LogP contribution in [-0.2, 0) is 6.54 Å². The maximum atomic E-state index is 12.7. The Kier molecular flexibility index (Phi) is 4.88. The van der Waals surface area contributed by atoms with Gasteiger partial charge in [0.1, 0.15) is 11.4 Å². The highest BCUT2D eigenvalue weighted by Crippen LogP contribution is 2.24. The molecule has 1 fully saturated rings. The SMILES string of the molecule is O=C(c1ccccn1)C1CCCN(Cc2cc(-c3ccccc3)no2)C1. The van der Waals surface area contributed by atoms with Gasteiger partial charge in [0, 0.05) is 30.3 Å². The molecule has 1 atom stereocenters. The van der Waals surface area contributed by atoms with E-state index in [1.165, 1.54) is 0 Å². The van der Waals surface area contributed by atoms with Gasteiger partial charge in [-0.25, -0.2) is 0 Å². The summed E-state index contributed by atoms with van der Waals surface area (Å²) >= 11 is 0. The van der Waals surface area contributed by atoms with Gasteiger partial charge in [0.15, 0.2) is 11.5 Å². The topological polar surface area (TPSA) is 59.2 Å².